The summed E-state index contributed by atoms with van der Waals surface area (Å²) in [4.78, 5) is 12.3. The third kappa shape index (κ3) is 2.19. The number of nitrogens with one attached hydrogen (secondary N) is 2. The number of H-pyrrole nitrogens is 1. The predicted molar refractivity (Wildman–Crippen MR) is 69.6 cm³/mol. The highest BCUT2D eigenvalue weighted by Gasteiger charge is 2.46. The lowest BCUT2D eigenvalue weighted by Gasteiger charge is -2.42. The summed E-state index contributed by atoms with van der Waals surface area (Å²) < 4.78 is 33.0. The fraction of sp³-hybridized carbons (Fsp3) is 0.286. The minimum absolute atomic E-state index is 0.0213. The van der Waals surface area contributed by atoms with Gasteiger partial charge in [0, 0.05) is 5.69 Å². The van der Waals surface area contributed by atoms with E-state index in [4.69, 9.17) is 4.74 Å². The second-order valence-electron chi connectivity index (χ2n) is 5.03. The van der Waals surface area contributed by atoms with Crippen LogP contribution < -0.4 is 5.32 Å². The van der Waals surface area contributed by atoms with Crippen LogP contribution in [0.15, 0.2) is 24.4 Å². The van der Waals surface area contributed by atoms with Crippen molar-refractivity contribution in [2.24, 2.45) is 0 Å². The van der Waals surface area contributed by atoms with Crippen LogP contribution in [-0.4, -0.2) is 29.3 Å². The summed E-state index contributed by atoms with van der Waals surface area (Å²) >= 11 is 0. The number of benzene rings is 1. The maximum atomic E-state index is 14.0. The maximum Gasteiger partial charge on any atom is 0.255 e. The third-order valence-corrected chi connectivity index (χ3v) is 3.57. The molecule has 5 nitrogen and oxygen atoms in total. The lowest BCUT2D eigenvalue weighted by molar-refractivity contribution is -0.0765. The van der Waals surface area contributed by atoms with Crippen LogP contribution in [-0.2, 0) is 10.3 Å². The van der Waals surface area contributed by atoms with Crippen molar-refractivity contribution < 1.29 is 18.3 Å². The zero-order valence-electron chi connectivity index (χ0n) is 11.2. The average molecular weight is 293 g/mol. The highest BCUT2D eigenvalue weighted by molar-refractivity contribution is 5.95. The van der Waals surface area contributed by atoms with Gasteiger partial charge in [0.05, 0.1) is 30.5 Å². The van der Waals surface area contributed by atoms with E-state index in [0.717, 1.165) is 12.1 Å². The molecular weight excluding hydrogens is 280 g/mol. The number of amides is 1. The Labute approximate surface area is 119 Å². The van der Waals surface area contributed by atoms with E-state index in [1.807, 2.05) is 0 Å². The first-order valence-electron chi connectivity index (χ1n) is 6.38. The molecule has 0 unspecified atom stereocenters. The van der Waals surface area contributed by atoms with E-state index in [1.165, 1.54) is 12.3 Å². The fourth-order valence-electron chi connectivity index (χ4n) is 2.40. The second kappa shape index (κ2) is 4.92. The summed E-state index contributed by atoms with van der Waals surface area (Å²) in [5.74, 6) is -1.86. The molecular formula is C14H13F2N3O2. The van der Waals surface area contributed by atoms with E-state index in [-0.39, 0.29) is 18.8 Å². The second-order valence-corrected chi connectivity index (χ2v) is 5.03. The minimum atomic E-state index is -1.18. The first kappa shape index (κ1) is 13.7. The van der Waals surface area contributed by atoms with Gasteiger partial charge in [-0.3, -0.25) is 9.89 Å². The van der Waals surface area contributed by atoms with E-state index in [0.29, 0.717) is 11.3 Å². The molecule has 0 spiro atoms. The smallest absolute Gasteiger partial charge is 0.255 e. The van der Waals surface area contributed by atoms with Gasteiger partial charge < -0.3 is 10.1 Å². The van der Waals surface area contributed by atoms with Crippen LogP contribution in [0.1, 0.15) is 21.6 Å². The molecule has 0 saturated carbocycles. The normalized spacial score (nSPS) is 16.3. The molecule has 2 aromatic rings. The molecule has 1 aromatic heterocycles. The third-order valence-electron chi connectivity index (χ3n) is 3.57. The van der Waals surface area contributed by atoms with Gasteiger partial charge in [-0.1, -0.05) is 6.07 Å². The Balaban J connectivity index is 1.95. The Morgan fingerprint density at radius 3 is 2.52 bits per heavy atom. The number of ether oxygens (including phenoxy) is 1. The molecule has 2 N–H and O–H groups in total. The number of nitrogens with zero attached hydrogens (tertiary/aromatic N) is 1. The number of carbonyl (C=O) groups excluding carboxylic acids is 1. The molecule has 110 valence electrons. The number of hydrogen-bond donors (Lipinski definition) is 2. The summed E-state index contributed by atoms with van der Waals surface area (Å²) in [5, 5.41) is 9.07. The zero-order valence-corrected chi connectivity index (χ0v) is 11.2. The highest BCUT2D eigenvalue weighted by atomic mass is 19.1. The first-order chi connectivity index (χ1) is 10.0. The molecule has 2 heterocycles. The van der Waals surface area contributed by atoms with Crippen LogP contribution in [0.3, 0.4) is 0 Å². The first-order valence-corrected chi connectivity index (χ1v) is 6.38. The van der Waals surface area contributed by atoms with Gasteiger partial charge in [-0.2, -0.15) is 5.10 Å². The van der Waals surface area contributed by atoms with E-state index < -0.39 is 23.1 Å². The van der Waals surface area contributed by atoms with Crippen LogP contribution in [0.2, 0.25) is 0 Å². The van der Waals surface area contributed by atoms with Gasteiger partial charge >= 0.3 is 0 Å². The van der Waals surface area contributed by atoms with Gasteiger partial charge in [-0.15, -0.1) is 0 Å². The van der Waals surface area contributed by atoms with E-state index in [1.54, 1.807) is 6.92 Å². The van der Waals surface area contributed by atoms with Gasteiger partial charge in [-0.05, 0) is 19.1 Å². The molecule has 0 radical (unpaired) electrons. The number of aryl methyl sites for hydroxylation is 1. The molecule has 1 saturated heterocycles. The van der Waals surface area contributed by atoms with Gasteiger partial charge in [0.25, 0.3) is 5.91 Å². The quantitative estimate of drug-likeness (QED) is 0.904. The van der Waals surface area contributed by atoms with E-state index >= 15 is 0 Å². The topological polar surface area (TPSA) is 67.0 Å². The molecule has 1 aliphatic heterocycles. The molecule has 0 bridgehead atoms. The van der Waals surface area contributed by atoms with Crippen LogP contribution in [0, 0.1) is 18.6 Å². The largest absolute Gasteiger partial charge is 0.376 e. The molecule has 1 amide bonds. The molecule has 1 aliphatic rings. The monoisotopic (exact) mass is 293 g/mol. The Hall–Kier alpha value is -2.28. The Morgan fingerprint density at radius 2 is 2.05 bits per heavy atom. The van der Waals surface area contributed by atoms with Crippen molar-refractivity contribution >= 4 is 5.91 Å². The maximum absolute atomic E-state index is 14.0. The highest BCUT2D eigenvalue weighted by Crippen LogP contribution is 2.33. The molecule has 0 aliphatic carbocycles. The summed E-state index contributed by atoms with van der Waals surface area (Å²) in [7, 11) is 0. The van der Waals surface area contributed by atoms with Crippen LogP contribution in [0.5, 0.6) is 0 Å². The predicted octanol–water partition coefficient (Wildman–Crippen LogP) is 1.65. The zero-order chi connectivity index (χ0) is 15.0. The molecule has 3 rings (SSSR count). The lowest BCUT2D eigenvalue weighted by Crippen LogP contribution is -2.60. The molecule has 0 atom stereocenters. The van der Waals surface area contributed by atoms with Crippen molar-refractivity contribution in [3.8, 4) is 0 Å². The number of carbonyl (C=O) groups is 1. The van der Waals surface area contributed by atoms with Crippen LogP contribution in [0.25, 0.3) is 0 Å². The number of rotatable bonds is 3. The molecule has 1 aromatic carbocycles. The number of halogens is 2. The van der Waals surface area contributed by atoms with E-state index in [2.05, 4.69) is 15.5 Å². The van der Waals surface area contributed by atoms with E-state index in [9.17, 15) is 13.6 Å². The SMILES string of the molecule is Cc1[nH]ncc1C(=O)NC1(c2c(F)cccc2F)COC1. The Bertz CT molecular complexity index is 675. The lowest BCUT2D eigenvalue weighted by atomic mass is 9.86. The summed E-state index contributed by atoms with van der Waals surface area (Å²) in [6.07, 6.45) is 1.37. The van der Waals surface area contributed by atoms with Gasteiger partial charge in [-0.25, -0.2) is 8.78 Å². The summed E-state index contributed by atoms with van der Waals surface area (Å²) in [5.41, 5.74) is -0.448. The standard InChI is InChI=1S/C14H13F2N3O2/c1-8-9(5-17-19-8)13(20)18-14(6-21-7-14)12-10(15)3-2-4-11(12)16/h2-5H,6-7H2,1H3,(H,17,19)(H,18,20). The minimum Gasteiger partial charge on any atom is -0.376 e. The van der Waals surface area contributed by atoms with Crippen molar-refractivity contribution in [1.29, 1.82) is 0 Å². The number of aromatic amines is 1. The van der Waals surface area contributed by atoms with Gasteiger partial charge in [0.1, 0.15) is 17.2 Å². The van der Waals surface area contributed by atoms with Crippen molar-refractivity contribution in [1.82, 2.24) is 15.5 Å². The molecule has 7 heteroatoms. The number of hydrogen-bond acceptors (Lipinski definition) is 3. The van der Waals surface area contributed by atoms with Crippen molar-refractivity contribution in [2.75, 3.05) is 13.2 Å². The van der Waals surface area contributed by atoms with Crippen molar-refractivity contribution in [2.45, 2.75) is 12.5 Å². The summed E-state index contributed by atoms with van der Waals surface area (Å²) in [6.45, 7) is 1.73. The van der Waals surface area contributed by atoms with Gasteiger partial charge in [0.2, 0.25) is 0 Å². The van der Waals surface area contributed by atoms with Crippen molar-refractivity contribution in [3.05, 3.63) is 52.9 Å². The summed E-state index contributed by atoms with van der Waals surface area (Å²) in [6, 6.07) is 3.60. The van der Waals surface area contributed by atoms with Crippen LogP contribution >= 0.6 is 0 Å². The average Bonchev–Trinajstić information content (AvgIpc) is 2.81. The molecule has 21 heavy (non-hydrogen) atoms. The van der Waals surface area contributed by atoms with Gasteiger partial charge in [0.15, 0.2) is 0 Å². The Morgan fingerprint density at radius 1 is 1.38 bits per heavy atom. The Kier molecular flexibility index (Phi) is 3.21. The molecule has 1 fully saturated rings. The number of aromatic nitrogens is 2. The van der Waals surface area contributed by atoms with Crippen molar-refractivity contribution in [3.63, 3.8) is 0 Å². The fourth-order valence-corrected chi connectivity index (χ4v) is 2.40. The van der Waals surface area contributed by atoms with Crippen LogP contribution in [0.4, 0.5) is 8.78 Å².